The van der Waals surface area contributed by atoms with E-state index in [-0.39, 0.29) is 6.61 Å². The fourth-order valence-corrected chi connectivity index (χ4v) is 2.92. The summed E-state index contributed by atoms with van der Waals surface area (Å²) in [6.45, 7) is -0.206. The van der Waals surface area contributed by atoms with Gasteiger partial charge in [0, 0.05) is 6.42 Å². The van der Waals surface area contributed by atoms with Crippen molar-refractivity contribution in [2.45, 2.75) is 12.5 Å². The van der Waals surface area contributed by atoms with Crippen LogP contribution in [0.15, 0.2) is 84.9 Å². The van der Waals surface area contributed by atoms with Crippen molar-refractivity contribution in [3.8, 4) is 5.75 Å². The number of carbonyl (C=O) groups is 2. The third-order valence-electron chi connectivity index (χ3n) is 4.29. The molecule has 0 aliphatic heterocycles. The number of primary amides is 1. The zero-order valence-electron chi connectivity index (χ0n) is 15.4. The zero-order valence-corrected chi connectivity index (χ0v) is 15.4. The van der Waals surface area contributed by atoms with Gasteiger partial charge in [-0.05, 0) is 22.8 Å². The Balaban J connectivity index is 1.64. The average molecular weight is 374 g/mol. The fraction of sp³-hybridized carbons (Fsp3) is 0.130. The van der Waals surface area contributed by atoms with Crippen molar-refractivity contribution in [1.29, 1.82) is 0 Å². The number of ether oxygens (including phenoxy) is 1. The van der Waals surface area contributed by atoms with E-state index < -0.39 is 17.9 Å². The minimum Gasteiger partial charge on any atom is -0.483 e. The van der Waals surface area contributed by atoms with Gasteiger partial charge in [-0.15, -0.1) is 0 Å². The van der Waals surface area contributed by atoms with Crippen molar-refractivity contribution in [1.82, 2.24) is 5.32 Å². The molecule has 5 heteroatoms. The molecule has 0 spiro atoms. The number of nitrogens with one attached hydrogen (secondary N) is 1. The zero-order chi connectivity index (χ0) is 19.8. The first-order valence-electron chi connectivity index (χ1n) is 9.02. The lowest BCUT2D eigenvalue weighted by Crippen LogP contribution is -2.39. The van der Waals surface area contributed by atoms with Gasteiger partial charge in [-0.25, -0.2) is 0 Å². The molecule has 1 atom stereocenters. The normalized spacial score (nSPS) is 11.4. The molecule has 3 N–H and O–H groups in total. The first-order valence-corrected chi connectivity index (χ1v) is 9.02. The quantitative estimate of drug-likeness (QED) is 0.636. The van der Waals surface area contributed by atoms with Crippen LogP contribution in [0.2, 0.25) is 0 Å². The molecule has 1 unspecified atom stereocenters. The summed E-state index contributed by atoms with van der Waals surface area (Å²) in [4.78, 5) is 24.1. The molecule has 0 aliphatic rings. The van der Waals surface area contributed by atoms with Crippen molar-refractivity contribution in [2.24, 2.45) is 5.73 Å². The lowest BCUT2D eigenvalue weighted by molar-refractivity contribution is -0.128. The summed E-state index contributed by atoms with van der Waals surface area (Å²) in [5.41, 5.74) is 8.21. The van der Waals surface area contributed by atoms with Crippen molar-refractivity contribution < 1.29 is 14.3 Å². The summed E-state index contributed by atoms with van der Waals surface area (Å²) < 4.78 is 5.72. The summed E-state index contributed by atoms with van der Waals surface area (Å²) in [5, 5.41) is 2.63. The van der Waals surface area contributed by atoms with Crippen molar-refractivity contribution in [2.75, 3.05) is 6.61 Å². The van der Waals surface area contributed by atoms with E-state index >= 15 is 0 Å². The van der Waals surface area contributed by atoms with Gasteiger partial charge in [-0.3, -0.25) is 9.59 Å². The van der Waals surface area contributed by atoms with Crippen molar-refractivity contribution in [3.63, 3.8) is 0 Å². The monoisotopic (exact) mass is 374 g/mol. The van der Waals surface area contributed by atoms with Gasteiger partial charge in [0.1, 0.15) is 11.8 Å². The first-order chi connectivity index (χ1) is 13.6. The van der Waals surface area contributed by atoms with Gasteiger partial charge in [0.2, 0.25) is 5.91 Å². The molecule has 0 bridgehead atoms. The molecule has 5 nitrogen and oxygen atoms in total. The predicted molar refractivity (Wildman–Crippen MR) is 108 cm³/mol. The van der Waals surface area contributed by atoms with Crippen LogP contribution in [0.25, 0.3) is 0 Å². The number of hydrogen-bond donors (Lipinski definition) is 2. The molecule has 2 amide bonds. The highest BCUT2D eigenvalue weighted by molar-refractivity contribution is 5.88. The van der Waals surface area contributed by atoms with E-state index in [1.807, 2.05) is 60.7 Å². The topological polar surface area (TPSA) is 81.4 Å². The van der Waals surface area contributed by atoms with Crippen LogP contribution in [0.1, 0.15) is 22.7 Å². The van der Waals surface area contributed by atoms with E-state index in [4.69, 9.17) is 10.5 Å². The number of carbonyl (C=O) groups excluding carboxylic acids is 2. The number of para-hydroxylation sites is 1. The highest BCUT2D eigenvalue weighted by Crippen LogP contribution is 2.21. The smallest absolute Gasteiger partial charge is 0.258 e. The van der Waals surface area contributed by atoms with E-state index in [2.05, 4.69) is 5.32 Å². The molecular weight excluding hydrogens is 352 g/mol. The molecular formula is C23H22N2O3. The number of nitrogens with two attached hydrogens (primary N) is 1. The molecule has 0 aromatic heterocycles. The summed E-state index contributed by atoms with van der Waals surface area (Å²) in [5.74, 6) is -0.400. The molecule has 28 heavy (non-hydrogen) atoms. The molecule has 0 fully saturated rings. The summed E-state index contributed by atoms with van der Waals surface area (Å²) >= 11 is 0. The van der Waals surface area contributed by atoms with Gasteiger partial charge in [0.05, 0.1) is 0 Å². The Bertz CT molecular complexity index is 927. The number of benzene rings is 3. The standard InChI is InChI=1S/C23H22N2O3/c24-23(27)22(18-11-5-2-6-12-18)25-21(26)16-28-20-14-8-7-13-19(20)15-17-9-3-1-4-10-17/h1-14,22H,15-16H2,(H2,24,27)(H,25,26). The van der Waals surface area contributed by atoms with Crippen molar-refractivity contribution >= 4 is 11.8 Å². The lowest BCUT2D eigenvalue weighted by atomic mass is 10.0. The maximum absolute atomic E-state index is 12.3. The second-order valence-electron chi connectivity index (χ2n) is 6.37. The molecule has 3 aromatic carbocycles. The SMILES string of the molecule is NC(=O)C(NC(=O)COc1ccccc1Cc1ccccc1)c1ccccc1. The van der Waals surface area contributed by atoms with Crippen LogP contribution in [-0.2, 0) is 16.0 Å². The molecule has 0 radical (unpaired) electrons. The van der Waals surface area contributed by atoms with Gasteiger partial charge < -0.3 is 15.8 Å². The van der Waals surface area contributed by atoms with E-state index in [9.17, 15) is 9.59 Å². The number of rotatable bonds is 8. The van der Waals surface area contributed by atoms with E-state index in [1.165, 1.54) is 0 Å². The molecule has 3 aromatic rings. The van der Waals surface area contributed by atoms with Crippen LogP contribution in [0, 0.1) is 0 Å². The molecule has 142 valence electrons. The van der Waals surface area contributed by atoms with Crippen LogP contribution >= 0.6 is 0 Å². The number of hydrogen-bond acceptors (Lipinski definition) is 3. The third-order valence-corrected chi connectivity index (χ3v) is 4.29. The third kappa shape index (κ3) is 5.20. The first kappa shape index (κ1) is 19.2. The minimum atomic E-state index is -0.892. The largest absolute Gasteiger partial charge is 0.483 e. The Kier molecular flexibility index (Phi) is 6.41. The minimum absolute atomic E-state index is 0.206. The molecule has 0 heterocycles. The van der Waals surface area contributed by atoms with Crippen LogP contribution in [-0.4, -0.2) is 18.4 Å². The van der Waals surface area contributed by atoms with Gasteiger partial charge in [0.15, 0.2) is 6.61 Å². The highest BCUT2D eigenvalue weighted by Gasteiger charge is 2.20. The fourth-order valence-electron chi connectivity index (χ4n) is 2.92. The molecule has 3 rings (SSSR count). The second kappa shape index (κ2) is 9.37. The van der Waals surface area contributed by atoms with Crippen LogP contribution in [0.5, 0.6) is 5.75 Å². The maximum atomic E-state index is 12.3. The molecule has 0 aliphatic carbocycles. The molecule has 0 saturated carbocycles. The summed E-state index contributed by atoms with van der Waals surface area (Å²) in [6, 6.07) is 25.6. The Morgan fingerprint density at radius 1 is 0.857 bits per heavy atom. The Morgan fingerprint density at radius 3 is 2.14 bits per heavy atom. The van der Waals surface area contributed by atoms with Crippen LogP contribution in [0.3, 0.4) is 0 Å². The second-order valence-corrected chi connectivity index (χ2v) is 6.37. The van der Waals surface area contributed by atoms with Crippen LogP contribution in [0.4, 0.5) is 0 Å². The van der Waals surface area contributed by atoms with Gasteiger partial charge in [-0.1, -0.05) is 78.9 Å². The lowest BCUT2D eigenvalue weighted by Gasteiger charge is -2.17. The van der Waals surface area contributed by atoms with Crippen LogP contribution < -0.4 is 15.8 Å². The van der Waals surface area contributed by atoms with E-state index in [0.717, 1.165) is 11.1 Å². The summed E-state index contributed by atoms with van der Waals surface area (Å²) in [6.07, 6.45) is 0.701. The van der Waals surface area contributed by atoms with E-state index in [1.54, 1.807) is 24.3 Å². The van der Waals surface area contributed by atoms with Gasteiger partial charge in [-0.2, -0.15) is 0 Å². The average Bonchev–Trinajstić information content (AvgIpc) is 2.72. The Hall–Kier alpha value is -3.60. The van der Waals surface area contributed by atoms with E-state index in [0.29, 0.717) is 17.7 Å². The van der Waals surface area contributed by atoms with Gasteiger partial charge in [0.25, 0.3) is 5.91 Å². The predicted octanol–water partition coefficient (Wildman–Crippen LogP) is 3.00. The van der Waals surface area contributed by atoms with Gasteiger partial charge >= 0.3 is 0 Å². The number of amides is 2. The Labute approximate surface area is 164 Å². The Morgan fingerprint density at radius 2 is 1.46 bits per heavy atom. The maximum Gasteiger partial charge on any atom is 0.258 e. The summed E-state index contributed by atoms with van der Waals surface area (Å²) in [7, 11) is 0. The molecule has 0 saturated heterocycles. The van der Waals surface area contributed by atoms with Crippen molar-refractivity contribution in [3.05, 3.63) is 102 Å². The highest BCUT2D eigenvalue weighted by atomic mass is 16.5.